The molecule has 0 bridgehead atoms. The van der Waals surface area contributed by atoms with E-state index in [1.54, 1.807) is 11.8 Å². The number of hydrogen-bond acceptors (Lipinski definition) is 3. The van der Waals surface area contributed by atoms with E-state index in [4.69, 9.17) is 0 Å². The van der Waals surface area contributed by atoms with Crippen LogP contribution >= 0.6 is 0 Å². The van der Waals surface area contributed by atoms with E-state index in [0.29, 0.717) is 12.4 Å². The van der Waals surface area contributed by atoms with E-state index in [2.05, 4.69) is 21.6 Å². The molecule has 2 aromatic carbocycles. The number of carbonyl (C=O) groups is 2. The smallest absolute Gasteiger partial charge is 0.230 e. The Labute approximate surface area is 157 Å². The molecule has 0 saturated heterocycles. The molecule has 2 amide bonds. The molecule has 0 radical (unpaired) electrons. The number of nitrogens with zero attached hydrogens (tertiary/aromatic N) is 2. The summed E-state index contributed by atoms with van der Waals surface area (Å²) in [6.07, 6.45) is 0.270. The third-order valence-corrected chi connectivity index (χ3v) is 5.29. The van der Waals surface area contributed by atoms with Crippen LogP contribution in [0.2, 0.25) is 0 Å². The molecule has 3 aromatic rings. The van der Waals surface area contributed by atoms with E-state index >= 15 is 0 Å². The van der Waals surface area contributed by atoms with Gasteiger partial charge in [-0.3, -0.25) is 14.7 Å². The van der Waals surface area contributed by atoms with Crippen LogP contribution in [0, 0.1) is 0 Å². The average Bonchev–Trinajstić information content (AvgIpc) is 3.13. The van der Waals surface area contributed by atoms with Gasteiger partial charge < -0.3 is 10.2 Å². The molecule has 1 aromatic heterocycles. The van der Waals surface area contributed by atoms with Gasteiger partial charge in [0.15, 0.2) is 5.82 Å². The first kappa shape index (κ1) is 17.3. The number of H-pyrrole nitrogens is 1. The molecule has 0 unspecified atom stereocenters. The summed E-state index contributed by atoms with van der Waals surface area (Å²) in [7, 11) is 0. The molecule has 0 saturated carbocycles. The third kappa shape index (κ3) is 2.97. The van der Waals surface area contributed by atoms with Crippen LogP contribution in [-0.2, 0) is 28.1 Å². The third-order valence-electron chi connectivity index (χ3n) is 5.29. The number of aromatic nitrogens is 2. The summed E-state index contributed by atoms with van der Waals surface area (Å²) in [6, 6.07) is 14.1. The highest BCUT2D eigenvalue weighted by Gasteiger charge is 2.42. The Hall–Kier alpha value is -3.15. The molecule has 0 atom stereocenters. The molecule has 0 spiro atoms. The fraction of sp³-hybridized carbons (Fsp3) is 0.286. The lowest BCUT2D eigenvalue weighted by Gasteiger charge is -2.30. The van der Waals surface area contributed by atoms with Gasteiger partial charge >= 0.3 is 0 Å². The van der Waals surface area contributed by atoms with E-state index < -0.39 is 5.54 Å². The molecule has 6 heteroatoms. The second-order valence-electron chi connectivity index (χ2n) is 7.50. The zero-order valence-electron chi connectivity index (χ0n) is 15.7. The van der Waals surface area contributed by atoms with E-state index in [9.17, 15) is 9.59 Å². The van der Waals surface area contributed by atoms with Gasteiger partial charge in [-0.1, -0.05) is 42.5 Å². The predicted molar refractivity (Wildman–Crippen MR) is 104 cm³/mol. The average molecular weight is 362 g/mol. The maximum Gasteiger partial charge on any atom is 0.230 e. The number of benzene rings is 2. The number of amides is 2. The van der Waals surface area contributed by atoms with Crippen molar-refractivity contribution in [3.05, 3.63) is 59.3 Å². The monoisotopic (exact) mass is 362 g/mol. The first-order valence-corrected chi connectivity index (χ1v) is 8.99. The Morgan fingerprint density at radius 2 is 1.93 bits per heavy atom. The van der Waals surface area contributed by atoms with Crippen LogP contribution in [0.4, 0.5) is 5.82 Å². The summed E-state index contributed by atoms with van der Waals surface area (Å²) in [5, 5.41) is 12.4. The Balaban J connectivity index is 1.52. The molecule has 6 nitrogen and oxygen atoms in total. The SMILES string of the molecule is CC(=O)N1Cc2c(NC(=O)Cc3ccc4ccccc4c3)n[nH]c2C1(C)C. The molecule has 138 valence electrons. The van der Waals surface area contributed by atoms with Gasteiger partial charge in [0.05, 0.1) is 24.2 Å². The van der Waals surface area contributed by atoms with Crippen LogP contribution < -0.4 is 5.32 Å². The normalized spacial score (nSPS) is 15.0. The summed E-state index contributed by atoms with van der Waals surface area (Å²) in [4.78, 5) is 26.2. The number of nitrogens with one attached hydrogen (secondary N) is 2. The first-order valence-electron chi connectivity index (χ1n) is 8.99. The van der Waals surface area contributed by atoms with Crippen molar-refractivity contribution in [2.75, 3.05) is 5.32 Å². The van der Waals surface area contributed by atoms with Crippen LogP contribution in [0.1, 0.15) is 37.6 Å². The highest BCUT2D eigenvalue weighted by Crippen LogP contribution is 2.40. The van der Waals surface area contributed by atoms with Crippen molar-refractivity contribution in [1.29, 1.82) is 0 Å². The molecular weight excluding hydrogens is 340 g/mol. The number of anilines is 1. The molecule has 2 N–H and O–H groups in total. The van der Waals surface area contributed by atoms with Crippen LogP contribution in [0.15, 0.2) is 42.5 Å². The Bertz CT molecular complexity index is 1050. The number of hydrogen-bond donors (Lipinski definition) is 2. The second-order valence-corrected chi connectivity index (χ2v) is 7.50. The lowest BCUT2D eigenvalue weighted by molar-refractivity contribution is -0.134. The summed E-state index contributed by atoms with van der Waals surface area (Å²) < 4.78 is 0. The molecule has 27 heavy (non-hydrogen) atoms. The van der Waals surface area contributed by atoms with Crippen molar-refractivity contribution in [3.8, 4) is 0 Å². The molecular formula is C21H22N4O2. The standard InChI is InChI=1S/C21H22N4O2/c1-13(26)25-12-17-19(21(25,2)3)23-24-20(17)22-18(27)11-14-8-9-15-6-4-5-7-16(15)10-14/h4-10H,11-12H2,1-3H3,(H2,22,23,24,27). The molecule has 0 fully saturated rings. The van der Waals surface area contributed by atoms with Crippen molar-refractivity contribution < 1.29 is 9.59 Å². The first-order chi connectivity index (χ1) is 12.9. The van der Waals surface area contributed by atoms with Gasteiger partial charge in [-0.05, 0) is 30.2 Å². The number of rotatable bonds is 3. The predicted octanol–water partition coefficient (Wildman–Crippen LogP) is 3.34. The second kappa shape index (κ2) is 6.23. The van der Waals surface area contributed by atoms with Crippen LogP contribution in [0.3, 0.4) is 0 Å². The minimum Gasteiger partial charge on any atom is -0.328 e. The number of aromatic amines is 1. The van der Waals surface area contributed by atoms with Gasteiger partial charge in [-0.2, -0.15) is 5.10 Å². The molecule has 2 heterocycles. The van der Waals surface area contributed by atoms with Crippen molar-refractivity contribution in [3.63, 3.8) is 0 Å². The van der Waals surface area contributed by atoms with Crippen LogP contribution in [-0.4, -0.2) is 26.9 Å². The van der Waals surface area contributed by atoms with Crippen molar-refractivity contribution >= 4 is 28.4 Å². The summed E-state index contributed by atoms with van der Waals surface area (Å²) in [5.74, 6) is 0.379. The van der Waals surface area contributed by atoms with E-state index in [1.165, 1.54) is 0 Å². The lowest BCUT2D eigenvalue weighted by atomic mass is 10.0. The molecule has 1 aliphatic rings. The Morgan fingerprint density at radius 1 is 1.19 bits per heavy atom. The maximum atomic E-state index is 12.5. The van der Waals surface area contributed by atoms with Gasteiger partial charge in [-0.25, -0.2) is 0 Å². The van der Waals surface area contributed by atoms with E-state index in [0.717, 1.165) is 27.6 Å². The molecule has 0 aliphatic carbocycles. The maximum absolute atomic E-state index is 12.5. The van der Waals surface area contributed by atoms with Crippen LogP contribution in [0.25, 0.3) is 10.8 Å². The Morgan fingerprint density at radius 3 is 2.67 bits per heavy atom. The van der Waals surface area contributed by atoms with Gasteiger partial charge in [0, 0.05) is 12.5 Å². The largest absolute Gasteiger partial charge is 0.328 e. The molecule has 4 rings (SSSR count). The van der Waals surface area contributed by atoms with Crippen molar-refractivity contribution in [1.82, 2.24) is 15.1 Å². The van der Waals surface area contributed by atoms with Gasteiger partial charge in [-0.15, -0.1) is 0 Å². The minimum absolute atomic E-state index is 0.00181. The zero-order chi connectivity index (χ0) is 19.2. The number of fused-ring (bicyclic) bond motifs is 2. The lowest BCUT2D eigenvalue weighted by Crippen LogP contribution is -2.39. The van der Waals surface area contributed by atoms with Crippen LogP contribution in [0.5, 0.6) is 0 Å². The summed E-state index contributed by atoms with van der Waals surface area (Å²) in [6.45, 7) is 5.94. The number of carbonyl (C=O) groups excluding carboxylic acids is 2. The van der Waals surface area contributed by atoms with Crippen molar-refractivity contribution in [2.24, 2.45) is 0 Å². The van der Waals surface area contributed by atoms with Gasteiger partial charge in [0.1, 0.15) is 0 Å². The summed E-state index contributed by atoms with van der Waals surface area (Å²) in [5.41, 5.74) is 2.24. The zero-order valence-corrected chi connectivity index (χ0v) is 15.7. The highest BCUT2D eigenvalue weighted by atomic mass is 16.2. The highest BCUT2D eigenvalue weighted by molar-refractivity contribution is 5.93. The van der Waals surface area contributed by atoms with Gasteiger partial charge in [0.2, 0.25) is 11.8 Å². The van der Waals surface area contributed by atoms with Crippen molar-refractivity contribution in [2.45, 2.75) is 39.3 Å². The quantitative estimate of drug-likeness (QED) is 0.750. The topological polar surface area (TPSA) is 78.1 Å². The van der Waals surface area contributed by atoms with E-state index in [-0.39, 0.29) is 18.2 Å². The van der Waals surface area contributed by atoms with Gasteiger partial charge in [0.25, 0.3) is 0 Å². The molecule has 1 aliphatic heterocycles. The Kier molecular flexibility index (Phi) is 3.98. The summed E-state index contributed by atoms with van der Waals surface area (Å²) >= 11 is 0. The fourth-order valence-corrected chi connectivity index (χ4v) is 3.83. The fourth-order valence-electron chi connectivity index (χ4n) is 3.83. The minimum atomic E-state index is -0.463. The van der Waals surface area contributed by atoms with E-state index in [1.807, 2.05) is 50.2 Å².